The van der Waals surface area contributed by atoms with Crippen molar-refractivity contribution in [3.05, 3.63) is 12.2 Å². The molecule has 0 saturated carbocycles. The minimum Gasteiger partial charge on any atom is -0.462 e. The Morgan fingerprint density at radius 3 is 2.52 bits per heavy atom. The molecule has 0 aliphatic carbocycles. The zero-order valence-electron chi connectivity index (χ0n) is 13.7. The third kappa shape index (κ3) is 6.62. The Hall–Kier alpha value is -0.870. The smallest absolute Gasteiger partial charge is 0.306 e. The normalized spacial score (nSPS) is 41.9. The van der Waals surface area contributed by atoms with Gasteiger partial charge in [0.15, 0.2) is 0 Å². The van der Waals surface area contributed by atoms with Crippen molar-refractivity contribution in [3.8, 4) is 0 Å². The van der Waals surface area contributed by atoms with E-state index in [0.717, 1.165) is 19.3 Å². The molecule has 0 unspecified atom stereocenters. The lowest BCUT2D eigenvalue weighted by molar-refractivity contribution is -0.151. The van der Waals surface area contributed by atoms with E-state index in [0.29, 0.717) is 12.3 Å². The molecular formula is C17H30O4. The number of carbonyl (C=O) groups is 1. The van der Waals surface area contributed by atoms with Crippen LogP contribution in [-0.2, 0) is 9.53 Å². The molecule has 0 amide bonds. The van der Waals surface area contributed by atoms with Crippen LogP contribution < -0.4 is 0 Å². The number of cyclic esters (lactones) is 1. The molecule has 0 bridgehead atoms. The zero-order valence-corrected chi connectivity index (χ0v) is 13.7. The Morgan fingerprint density at radius 1 is 1.24 bits per heavy atom. The van der Waals surface area contributed by atoms with Crippen molar-refractivity contribution >= 4 is 5.97 Å². The van der Waals surface area contributed by atoms with Gasteiger partial charge in [-0.05, 0) is 44.9 Å². The van der Waals surface area contributed by atoms with E-state index in [-0.39, 0.29) is 24.4 Å². The summed E-state index contributed by atoms with van der Waals surface area (Å²) in [5.41, 5.74) is -1.10. The molecular weight excluding hydrogens is 268 g/mol. The molecule has 0 aromatic heterocycles. The molecule has 0 spiro atoms. The first kappa shape index (κ1) is 18.2. The molecule has 0 radical (unpaired) electrons. The molecule has 21 heavy (non-hydrogen) atoms. The maximum Gasteiger partial charge on any atom is 0.306 e. The van der Waals surface area contributed by atoms with E-state index in [1.54, 1.807) is 19.1 Å². The van der Waals surface area contributed by atoms with Crippen molar-refractivity contribution in [2.75, 3.05) is 0 Å². The number of hydrogen-bond donors (Lipinski definition) is 2. The van der Waals surface area contributed by atoms with Crippen LogP contribution in [0.1, 0.15) is 59.8 Å². The minimum absolute atomic E-state index is 0.110. The van der Waals surface area contributed by atoms with Crippen LogP contribution in [0.3, 0.4) is 0 Å². The van der Waals surface area contributed by atoms with Crippen molar-refractivity contribution < 1.29 is 19.7 Å². The lowest BCUT2D eigenvalue weighted by Crippen LogP contribution is -2.27. The Bertz CT molecular complexity index is 362. The van der Waals surface area contributed by atoms with Crippen molar-refractivity contribution in [3.63, 3.8) is 0 Å². The van der Waals surface area contributed by atoms with E-state index in [2.05, 4.69) is 6.92 Å². The van der Waals surface area contributed by atoms with Crippen LogP contribution in [0.4, 0.5) is 0 Å². The summed E-state index contributed by atoms with van der Waals surface area (Å²) in [4.78, 5) is 11.8. The summed E-state index contributed by atoms with van der Waals surface area (Å²) in [6.45, 7) is 7.67. The molecule has 2 N–H and O–H groups in total. The third-order valence-electron chi connectivity index (χ3n) is 4.51. The van der Waals surface area contributed by atoms with Gasteiger partial charge in [-0.1, -0.05) is 32.4 Å². The molecule has 1 heterocycles. The summed E-state index contributed by atoms with van der Waals surface area (Å²) in [7, 11) is 0. The summed E-state index contributed by atoms with van der Waals surface area (Å²) in [5.74, 6) is 0.191. The highest BCUT2D eigenvalue weighted by Crippen LogP contribution is 2.23. The van der Waals surface area contributed by atoms with Gasteiger partial charge in [0.05, 0.1) is 11.7 Å². The standard InChI is InChI=1S/C17H30O4/c1-12-6-5-7-13(2)15(18)8-10-17(4,20)11-9-16(19)21-14(12)3/h8,10,12-15,18,20H,5-7,9,11H2,1-4H3/b10-8+/t12-,13+,14+,15-,17+/m0/s1. The second-order valence-electron chi connectivity index (χ2n) is 6.79. The largest absolute Gasteiger partial charge is 0.462 e. The number of aliphatic hydroxyl groups excluding tert-OH is 1. The fourth-order valence-corrected chi connectivity index (χ4v) is 2.48. The first-order valence-electron chi connectivity index (χ1n) is 8.00. The van der Waals surface area contributed by atoms with Crippen molar-refractivity contribution in [2.24, 2.45) is 11.8 Å². The molecule has 1 aliphatic rings. The molecule has 0 fully saturated rings. The minimum atomic E-state index is -1.10. The highest BCUT2D eigenvalue weighted by Gasteiger charge is 2.23. The van der Waals surface area contributed by atoms with E-state index >= 15 is 0 Å². The monoisotopic (exact) mass is 298 g/mol. The van der Waals surface area contributed by atoms with Crippen LogP contribution in [0.5, 0.6) is 0 Å². The number of esters is 1. The summed E-state index contributed by atoms with van der Waals surface area (Å²) in [6, 6.07) is 0. The predicted octanol–water partition coefficient (Wildman–Crippen LogP) is 2.82. The molecule has 4 heteroatoms. The summed E-state index contributed by atoms with van der Waals surface area (Å²) in [5, 5.41) is 20.3. The molecule has 1 aliphatic heterocycles. The number of aliphatic hydroxyl groups is 2. The van der Waals surface area contributed by atoms with E-state index in [1.807, 2.05) is 13.8 Å². The van der Waals surface area contributed by atoms with Gasteiger partial charge >= 0.3 is 5.97 Å². The third-order valence-corrected chi connectivity index (χ3v) is 4.51. The Kier molecular flexibility index (Phi) is 6.88. The van der Waals surface area contributed by atoms with Gasteiger partial charge < -0.3 is 14.9 Å². The summed E-state index contributed by atoms with van der Waals surface area (Å²) < 4.78 is 5.43. The molecule has 0 aromatic rings. The van der Waals surface area contributed by atoms with Gasteiger partial charge in [-0.15, -0.1) is 0 Å². The highest BCUT2D eigenvalue weighted by molar-refractivity contribution is 5.69. The molecule has 1 rings (SSSR count). The average Bonchev–Trinajstić information content (AvgIpc) is 2.41. The zero-order chi connectivity index (χ0) is 16.0. The SMILES string of the molecule is C[C@@H]1CCC[C@H](C)[C@@H](C)OC(=O)CC[C@](C)(O)/C=C/[C@@H]1O. The van der Waals surface area contributed by atoms with Gasteiger partial charge in [0.2, 0.25) is 0 Å². The maximum absolute atomic E-state index is 11.8. The summed E-state index contributed by atoms with van der Waals surface area (Å²) >= 11 is 0. The molecule has 0 aromatic carbocycles. The van der Waals surface area contributed by atoms with E-state index in [4.69, 9.17) is 4.74 Å². The number of carbonyl (C=O) groups excluding carboxylic acids is 1. The lowest BCUT2D eigenvalue weighted by Gasteiger charge is -2.25. The van der Waals surface area contributed by atoms with Crippen molar-refractivity contribution in [1.29, 1.82) is 0 Å². The van der Waals surface area contributed by atoms with Crippen LogP contribution in [0.25, 0.3) is 0 Å². The van der Waals surface area contributed by atoms with Gasteiger partial charge in [0, 0.05) is 6.42 Å². The van der Waals surface area contributed by atoms with Crippen molar-refractivity contribution in [1.82, 2.24) is 0 Å². The molecule has 4 nitrogen and oxygen atoms in total. The Balaban J connectivity index is 2.78. The van der Waals surface area contributed by atoms with Gasteiger partial charge in [-0.3, -0.25) is 4.79 Å². The van der Waals surface area contributed by atoms with Gasteiger partial charge in [-0.25, -0.2) is 0 Å². The van der Waals surface area contributed by atoms with E-state index in [9.17, 15) is 15.0 Å². The van der Waals surface area contributed by atoms with Gasteiger partial charge in [-0.2, -0.15) is 0 Å². The Morgan fingerprint density at radius 2 is 1.86 bits per heavy atom. The predicted molar refractivity (Wildman–Crippen MR) is 82.7 cm³/mol. The van der Waals surface area contributed by atoms with Crippen LogP contribution in [0, 0.1) is 11.8 Å². The fourth-order valence-electron chi connectivity index (χ4n) is 2.48. The molecule has 122 valence electrons. The van der Waals surface area contributed by atoms with E-state index < -0.39 is 11.7 Å². The van der Waals surface area contributed by atoms with Crippen LogP contribution in [0.15, 0.2) is 12.2 Å². The van der Waals surface area contributed by atoms with E-state index in [1.165, 1.54) is 0 Å². The van der Waals surface area contributed by atoms with Crippen LogP contribution >= 0.6 is 0 Å². The number of rotatable bonds is 0. The first-order valence-corrected chi connectivity index (χ1v) is 8.00. The molecule has 5 atom stereocenters. The lowest BCUT2D eigenvalue weighted by atomic mass is 9.91. The quantitative estimate of drug-likeness (QED) is 0.533. The second-order valence-corrected chi connectivity index (χ2v) is 6.79. The molecule has 0 saturated heterocycles. The van der Waals surface area contributed by atoms with Crippen LogP contribution in [-0.4, -0.2) is 34.0 Å². The Labute approximate surface area is 128 Å². The fraction of sp³-hybridized carbons (Fsp3) is 0.824. The van der Waals surface area contributed by atoms with Crippen LogP contribution in [0.2, 0.25) is 0 Å². The topological polar surface area (TPSA) is 66.8 Å². The summed E-state index contributed by atoms with van der Waals surface area (Å²) in [6.07, 6.45) is 5.94. The first-order chi connectivity index (χ1) is 9.71. The maximum atomic E-state index is 11.8. The number of ether oxygens (including phenoxy) is 1. The van der Waals surface area contributed by atoms with Gasteiger partial charge in [0.25, 0.3) is 0 Å². The highest BCUT2D eigenvalue weighted by atomic mass is 16.5. The number of hydrogen-bond acceptors (Lipinski definition) is 4. The van der Waals surface area contributed by atoms with Gasteiger partial charge in [0.1, 0.15) is 6.10 Å². The average molecular weight is 298 g/mol. The van der Waals surface area contributed by atoms with Crippen molar-refractivity contribution in [2.45, 2.75) is 77.6 Å². The second kappa shape index (κ2) is 7.95.